The SMILES string of the molecule is COC(COS(C)(=O)=O)(c1ccccc1)C(O)c1ccccc1. The van der Waals surface area contributed by atoms with E-state index >= 15 is 0 Å². The highest BCUT2D eigenvalue weighted by atomic mass is 32.2. The number of hydrogen-bond acceptors (Lipinski definition) is 5. The van der Waals surface area contributed by atoms with Crippen LogP contribution in [0.1, 0.15) is 17.2 Å². The van der Waals surface area contributed by atoms with E-state index in [0.717, 1.165) is 6.26 Å². The maximum absolute atomic E-state index is 11.4. The predicted octanol–water partition coefficient (Wildman–Crippen LogP) is 2.24. The Morgan fingerprint density at radius 1 is 1.04 bits per heavy atom. The summed E-state index contributed by atoms with van der Waals surface area (Å²) >= 11 is 0. The maximum Gasteiger partial charge on any atom is 0.264 e. The second-order valence-electron chi connectivity index (χ2n) is 5.24. The Kier molecular flexibility index (Phi) is 5.54. The normalized spacial score (nSPS) is 15.8. The van der Waals surface area contributed by atoms with Crippen LogP contribution in [0.15, 0.2) is 60.7 Å². The van der Waals surface area contributed by atoms with Crippen molar-refractivity contribution < 1.29 is 22.4 Å². The zero-order valence-corrected chi connectivity index (χ0v) is 13.9. The fraction of sp³-hybridized carbons (Fsp3) is 0.294. The summed E-state index contributed by atoms with van der Waals surface area (Å²) in [5.74, 6) is 0. The van der Waals surface area contributed by atoms with Crippen molar-refractivity contribution in [2.24, 2.45) is 0 Å². The monoisotopic (exact) mass is 336 g/mol. The summed E-state index contributed by atoms with van der Waals surface area (Å²) in [6.07, 6.45) is -0.134. The Balaban J connectivity index is 2.49. The van der Waals surface area contributed by atoms with Crippen molar-refractivity contribution in [2.45, 2.75) is 11.7 Å². The third kappa shape index (κ3) is 4.17. The summed E-state index contributed by atoms with van der Waals surface area (Å²) in [4.78, 5) is 0. The highest BCUT2D eigenvalue weighted by molar-refractivity contribution is 7.85. The average molecular weight is 336 g/mol. The summed E-state index contributed by atoms with van der Waals surface area (Å²) in [5, 5.41) is 10.9. The number of methoxy groups -OCH3 is 1. The Morgan fingerprint density at radius 2 is 1.57 bits per heavy atom. The summed E-state index contributed by atoms with van der Waals surface area (Å²) in [7, 11) is -2.26. The minimum Gasteiger partial charge on any atom is -0.385 e. The molecule has 124 valence electrons. The van der Waals surface area contributed by atoms with Crippen LogP contribution in [0.5, 0.6) is 0 Å². The van der Waals surface area contributed by atoms with Crippen molar-refractivity contribution in [1.82, 2.24) is 0 Å². The topological polar surface area (TPSA) is 72.8 Å². The first kappa shape index (κ1) is 17.6. The average Bonchev–Trinajstić information content (AvgIpc) is 2.56. The van der Waals surface area contributed by atoms with E-state index in [0.29, 0.717) is 11.1 Å². The Labute approximate surface area is 136 Å². The van der Waals surface area contributed by atoms with Gasteiger partial charge in [-0.2, -0.15) is 8.42 Å². The molecule has 0 heterocycles. The van der Waals surface area contributed by atoms with Crippen LogP contribution < -0.4 is 0 Å². The molecule has 0 aliphatic rings. The minimum absolute atomic E-state index is 0.331. The third-order valence-electron chi connectivity index (χ3n) is 3.67. The first-order chi connectivity index (χ1) is 10.9. The van der Waals surface area contributed by atoms with Crippen molar-refractivity contribution in [3.63, 3.8) is 0 Å². The van der Waals surface area contributed by atoms with Crippen LogP contribution in [0.2, 0.25) is 0 Å². The zero-order valence-electron chi connectivity index (χ0n) is 13.0. The summed E-state index contributed by atoms with van der Waals surface area (Å²) < 4.78 is 33.4. The highest BCUT2D eigenvalue weighted by Crippen LogP contribution is 2.38. The van der Waals surface area contributed by atoms with E-state index in [4.69, 9.17) is 8.92 Å². The molecular weight excluding hydrogens is 316 g/mol. The molecule has 0 fully saturated rings. The van der Waals surface area contributed by atoms with E-state index in [1.54, 1.807) is 48.5 Å². The van der Waals surface area contributed by atoms with Crippen molar-refractivity contribution in [1.29, 1.82) is 0 Å². The summed E-state index contributed by atoms with van der Waals surface area (Å²) in [6, 6.07) is 17.9. The molecule has 0 aliphatic heterocycles. The molecule has 2 aromatic rings. The zero-order chi connectivity index (χ0) is 16.9. The van der Waals surface area contributed by atoms with Crippen LogP contribution in [0.3, 0.4) is 0 Å². The Morgan fingerprint density at radius 3 is 2.04 bits per heavy atom. The fourth-order valence-corrected chi connectivity index (χ4v) is 2.82. The number of aliphatic hydroxyl groups is 1. The third-order valence-corrected chi connectivity index (χ3v) is 4.22. The number of hydrogen-bond donors (Lipinski definition) is 1. The van der Waals surface area contributed by atoms with Crippen LogP contribution in [0, 0.1) is 0 Å². The van der Waals surface area contributed by atoms with Crippen molar-refractivity contribution in [3.8, 4) is 0 Å². The van der Waals surface area contributed by atoms with Gasteiger partial charge in [0.25, 0.3) is 10.1 Å². The van der Waals surface area contributed by atoms with Crippen LogP contribution in [-0.4, -0.2) is 33.5 Å². The van der Waals surface area contributed by atoms with E-state index in [9.17, 15) is 13.5 Å². The van der Waals surface area contributed by atoms with Crippen LogP contribution >= 0.6 is 0 Å². The number of aliphatic hydroxyl groups excluding tert-OH is 1. The standard InChI is InChI=1S/C17H20O5S/c1-21-17(13-22-23(2,19)20,15-11-7-4-8-12-15)16(18)14-9-5-3-6-10-14/h3-12,16,18H,13H2,1-2H3. The molecule has 1 N–H and O–H groups in total. The first-order valence-electron chi connectivity index (χ1n) is 7.07. The lowest BCUT2D eigenvalue weighted by Crippen LogP contribution is -2.41. The first-order valence-corrected chi connectivity index (χ1v) is 8.89. The molecule has 0 radical (unpaired) electrons. The van der Waals surface area contributed by atoms with Crippen molar-refractivity contribution in [2.75, 3.05) is 20.0 Å². The van der Waals surface area contributed by atoms with Gasteiger partial charge in [-0.3, -0.25) is 4.18 Å². The Bertz CT molecular complexity index is 715. The molecule has 0 spiro atoms. The van der Waals surface area contributed by atoms with Gasteiger partial charge in [0.2, 0.25) is 0 Å². The molecule has 2 rings (SSSR count). The smallest absolute Gasteiger partial charge is 0.264 e. The van der Waals surface area contributed by atoms with Gasteiger partial charge in [-0.05, 0) is 11.1 Å². The van der Waals surface area contributed by atoms with E-state index in [2.05, 4.69) is 0 Å². The number of benzene rings is 2. The largest absolute Gasteiger partial charge is 0.385 e. The van der Waals surface area contributed by atoms with Gasteiger partial charge in [0.15, 0.2) is 0 Å². The fourth-order valence-electron chi connectivity index (χ4n) is 2.43. The van der Waals surface area contributed by atoms with E-state index in [1.807, 2.05) is 12.1 Å². The van der Waals surface area contributed by atoms with Crippen LogP contribution in [-0.2, 0) is 24.6 Å². The Hall–Kier alpha value is -1.73. The second kappa shape index (κ2) is 7.23. The quantitative estimate of drug-likeness (QED) is 0.785. The lowest BCUT2D eigenvalue weighted by Gasteiger charge is -2.36. The van der Waals surface area contributed by atoms with Gasteiger partial charge in [-0.1, -0.05) is 60.7 Å². The van der Waals surface area contributed by atoms with Crippen LogP contribution in [0.25, 0.3) is 0 Å². The van der Waals surface area contributed by atoms with Crippen molar-refractivity contribution in [3.05, 3.63) is 71.8 Å². The molecule has 2 unspecified atom stereocenters. The minimum atomic E-state index is -3.68. The van der Waals surface area contributed by atoms with E-state index in [1.165, 1.54) is 7.11 Å². The van der Waals surface area contributed by atoms with Gasteiger partial charge < -0.3 is 9.84 Å². The lowest BCUT2D eigenvalue weighted by molar-refractivity contribution is -0.132. The van der Waals surface area contributed by atoms with Gasteiger partial charge in [-0.25, -0.2) is 0 Å². The molecule has 6 heteroatoms. The molecule has 0 aliphatic carbocycles. The number of ether oxygens (including phenoxy) is 1. The van der Waals surface area contributed by atoms with E-state index < -0.39 is 21.8 Å². The van der Waals surface area contributed by atoms with Crippen LogP contribution in [0.4, 0.5) is 0 Å². The van der Waals surface area contributed by atoms with Gasteiger partial charge in [0, 0.05) is 7.11 Å². The maximum atomic E-state index is 11.4. The van der Waals surface area contributed by atoms with Gasteiger partial charge >= 0.3 is 0 Å². The highest BCUT2D eigenvalue weighted by Gasteiger charge is 2.42. The van der Waals surface area contributed by atoms with Gasteiger partial charge in [0.1, 0.15) is 18.3 Å². The summed E-state index contributed by atoms with van der Waals surface area (Å²) in [5.41, 5.74) is -0.107. The predicted molar refractivity (Wildman–Crippen MR) is 87.3 cm³/mol. The van der Waals surface area contributed by atoms with Crippen molar-refractivity contribution >= 4 is 10.1 Å². The number of rotatable bonds is 7. The molecule has 0 saturated heterocycles. The van der Waals surface area contributed by atoms with Gasteiger partial charge in [-0.15, -0.1) is 0 Å². The molecule has 5 nitrogen and oxygen atoms in total. The van der Waals surface area contributed by atoms with E-state index in [-0.39, 0.29) is 6.61 Å². The molecule has 2 aromatic carbocycles. The molecular formula is C17H20O5S. The second-order valence-corrected chi connectivity index (χ2v) is 6.88. The summed E-state index contributed by atoms with van der Waals surface area (Å²) in [6.45, 7) is -0.331. The molecule has 0 amide bonds. The molecule has 23 heavy (non-hydrogen) atoms. The molecule has 0 aromatic heterocycles. The molecule has 0 saturated carbocycles. The molecule has 2 atom stereocenters. The van der Waals surface area contributed by atoms with Gasteiger partial charge in [0.05, 0.1) is 6.26 Å². The molecule has 0 bridgehead atoms. The lowest BCUT2D eigenvalue weighted by atomic mass is 9.85.